The highest BCUT2D eigenvalue weighted by atomic mass is 16.5. The highest BCUT2D eigenvalue weighted by Crippen LogP contribution is 2.48. The summed E-state index contributed by atoms with van der Waals surface area (Å²) in [6, 6.07) is 53.2. The van der Waals surface area contributed by atoms with E-state index in [9.17, 15) is 0 Å². The summed E-state index contributed by atoms with van der Waals surface area (Å²) < 4.78 is 6.37. The van der Waals surface area contributed by atoms with Gasteiger partial charge in [0.15, 0.2) is 0 Å². The molecule has 0 aromatic heterocycles. The monoisotopic (exact) mass is 544 g/mol. The molecule has 10 rings (SSSR count). The lowest BCUT2D eigenvalue weighted by Crippen LogP contribution is -1.97. The number of rotatable bonds is 2. The van der Waals surface area contributed by atoms with Crippen LogP contribution in [0.2, 0.25) is 0 Å². The Kier molecular flexibility index (Phi) is 4.51. The zero-order valence-corrected chi connectivity index (χ0v) is 23.3. The molecule has 0 N–H and O–H groups in total. The van der Waals surface area contributed by atoms with E-state index in [1.165, 1.54) is 81.7 Å². The first-order valence-electron chi connectivity index (χ1n) is 14.8. The molecule has 0 saturated heterocycles. The molecule has 0 radical (unpaired) electrons. The van der Waals surface area contributed by atoms with Crippen LogP contribution in [0.15, 0.2) is 146 Å². The van der Waals surface area contributed by atoms with Gasteiger partial charge in [0, 0.05) is 10.9 Å². The van der Waals surface area contributed by atoms with Crippen molar-refractivity contribution in [3.63, 3.8) is 0 Å². The van der Waals surface area contributed by atoms with Crippen LogP contribution in [0, 0.1) is 0 Å². The van der Waals surface area contributed by atoms with Crippen LogP contribution in [0.4, 0.5) is 0 Å². The van der Waals surface area contributed by atoms with Crippen LogP contribution < -0.4 is 4.74 Å². The minimum absolute atomic E-state index is 0.909. The zero-order chi connectivity index (χ0) is 28.1. The molecule has 1 aliphatic rings. The van der Waals surface area contributed by atoms with Gasteiger partial charge >= 0.3 is 0 Å². The molecule has 198 valence electrons. The van der Waals surface area contributed by atoms with E-state index >= 15 is 0 Å². The Morgan fingerprint density at radius 2 is 0.884 bits per heavy atom. The largest absolute Gasteiger partial charge is 0.456 e. The van der Waals surface area contributed by atoms with E-state index < -0.39 is 0 Å². The number of hydrogen-bond donors (Lipinski definition) is 0. The van der Waals surface area contributed by atoms with Crippen LogP contribution in [-0.2, 0) is 0 Å². The Hall–Kier alpha value is -5.66. The second-order valence-corrected chi connectivity index (χ2v) is 11.7. The van der Waals surface area contributed by atoms with Gasteiger partial charge in [-0.05, 0) is 101 Å². The molecule has 0 unspecified atom stereocenters. The van der Waals surface area contributed by atoms with Crippen molar-refractivity contribution in [1.29, 1.82) is 0 Å². The summed E-state index contributed by atoms with van der Waals surface area (Å²) in [5, 5.41) is 12.8. The quantitative estimate of drug-likeness (QED) is 0.197. The van der Waals surface area contributed by atoms with Crippen LogP contribution in [0.1, 0.15) is 0 Å². The van der Waals surface area contributed by atoms with Gasteiger partial charge in [0.2, 0.25) is 0 Å². The first-order valence-corrected chi connectivity index (χ1v) is 14.8. The van der Waals surface area contributed by atoms with Crippen molar-refractivity contribution in [2.24, 2.45) is 0 Å². The third-order valence-electron chi connectivity index (χ3n) is 9.39. The second-order valence-electron chi connectivity index (χ2n) is 11.7. The van der Waals surface area contributed by atoms with E-state index in [2.05, 4.69) is 146 Å². The highest BCUT2D eigenvalue weighted by molar-refractivity contribution is 6.25. The van der Waals surface area contributed by atoms with Gasteiger partial charge in [-0.15, -0.1) is 0 Å². The first-order chi connectivity index (χ1) is 21.3. The Balaban J connectivity index is 1.14. The fraction of sp³-hybridized carbons (Fsp3) is 0. The highest BCUT2D eigenvalue weighted by Gasteiger charge is 2.21. The van der Waals surface area contributed by atoms with Crippen molar-refractivity contribution >= 4 is 53.9 Å². The summed E-state index contributed by atoms with van der Waals surface area (Å²) in [4.78, 5) is 0. The smallest absolute Gasteiger partial charge is 0.135 e. The molecule has 0 aliphatic carbocycles. The van der Waals surface area contributed by atoms with Crippen molar-refractivity contribution < 1.29 is 4.74 Å². The summed E-state index contributed by atoms with van der Waals surface area (Å²) in [6.07, 6.45) is 0. The van der Waals surface area contributed by atoms with Crippen LogP contribution in [0.25, 0.3) is 87.2 Å². The number of ether oxygens (including phenoxy) is 1. The maximum Gasteiger partial charge on any atom is 0.135 e. The second kappa shape index (κ2) is 8.44. The Bertz CT molecular complexity index is 2570. The summed E-state index contributed by atoms with van der Waals surface area (Å²) in [5.41, 5.74) is 7.31. The van der Waals surface area contributed by atoms with E-state index in [-0.39, 0.29) is 0 Å². The SMILES string of the molecule is c1cc(-c2ccc3c(c2)-c2cccc4cccc(c24)O3)c2ccc(-c3ccc4ccc5cccc6ccc3c4c56)cc2c1. The van der Waals surface area contributed by atoms with Crippen LogP contribution in [0.5, 0.6) is 11.5 Å². The minimum Gasteiger partial charge on any atom is -0.456 e. The molecule has 1 aliphatic heterocycles. The van der Waals surface area contributed by atoms with Gasteiger partial charge in [-0.2, -0.15) is 0 Å². The average Bonchev–Trinajstić information content (AvgIpc) is 3.07. The van der Waals surface area contributed by atoms with Crippen molar-refractivity contribution in [2.45, 2.75) is 0 Å². The molecule has 0 saturated carbocycles. The third kappa shape index (κ3) is 3.22. The van der Waals surface area contributed by atoms with Gasteiger partial charge in [0.25, 0.3) is 0 Å². The molecular weight excluding hydrogens is 520 g/mol. The maximum atomic E-state index is 6.37. The third-order valence-corrected chi connectivity index (χ3v) is 9.39. The molecular formula is C42H24O. The maximum absolute atomic E-state index is 6.37. The standard InChI is InChI=1S/C42H24O/c1-5-26-13-14-28-15-19-34(36-21-16-27(6-1)40(26)42(28)36)30-17-20-33-29(23-30)9-3-10-32(33)31-18-22-38-37(24-31)35-11-2-7-25-8-4-12-39(43-38)41(25)35/h1-24H. The van der Waals surface area contributed by atoms with E-state index in [1.54, 1.807) is 0 Å². The normalized spacial score (nSPS) is 12.4. The van der Waals surface area contributed by atoms with Gasteiger partial charge < -0.3 is 4.74 Å². The van der Waals surface area contributed by atoms with Crippen molar-refractivity contribution in [3.8, 4) is 44.9 Å². The van der Waals surface area contributed by atoms with E-state index in [0.29, 0.717) is 0 Å². The minimum atomic E-state index is 0.909. The topological polar surface area (TPSA) is 9.23 Å². The molecule has 1 nitrogen and oxygen atoms in total. The van der Waals surface area contributed by atoms with Crippen LogP contribution in [-0.4, -0.2) is 0 Å². The molecule has 1 heteroatoms. The summed E-state index contributed by atoms with van der Waals surface area (Å²) >= 11 is 0. The Morgan fingerprint density at radius 3 is 1.74 bits per heavy atom. The molecule has 0 amide bonds. The predicted molar refractivity (Wildman–Crippen MR) is 182 cm³/mol. The number of hydrogen-bond acceptors (Lipinski definition) is 1. The molecule has 9 aromatic carbocycles. The summed E-state index contributed by atoms with van der Waals surface area (Å²) in [7, 11) is 0. The van der Waals surface area contributed by atoms with E-state index in [0.717, 1.165) is 17.1 Å². The fourth-order valence-corrected chi connectivity index (χ4v) is 7.42. The lowest BCUT2D eigenvalue weighted by molar-refractivity contribution is 0.487. The van der Waals surface area contributed by atoms with Crippen molar-refractivity contribution in [1.82, 2.24) is 0 Å². The van der Waals surface area contributed by atoms with Gasteiger partial charge in [0.05, 0.1) is 0 Å². The molecule has 0 fully saturated rings. The Labute approximate surface area is 248 Å². The van der Waals surface area contributed by atoms with E-state index in [1.807, 2.05) is 0 Å². The summed E-state index contributed by atoms with van der Waals surface area (Å²) in [6.45, 7) is 0. The van der Waals surface area contributed by atoms with Gasteiger partial charge in [-0.1, -0.05) is 121 Å². The number of benzene rings is 9. The van der Waals surface area contributed by atoms with Gasteiger partial charge in [0.1, 0.15) is 11.5 Å². The molecule has 9 aromatic rings. The molecule has 0 spiro atoms. The number of fused-ring (bicyclic) bond motifs is 3. The van der Waals surface area contributed by atoms with Gasteiger partial charge in [-0.3, -0.25) is 0 Å². The van der Waals surface area contributed by atoms with E-state index in [4.69, 9.17) is 4.74 Å². The lowest BCUT2D eigenvalue weighted by atomic mass is 9.88. The van der Waals surface area contributed by atoms with Crippen LogP contribution >= 0.6 is 0 Å². The van der Waals surface area contributed by atoms with Crippen molar-refractivity contribution in [3.05, 3.63) is 146 Å². The first kappa shape index (κ1) is 23.0. The molecule has 0 bridgehead atoms. The molecule has 1 heterocycles. The van der Waals surface area contributed by atoms with Gasteiger partial charge in [-0.25, -0.2) is 0 Å². The molecule has 43 heavy (non-hydrogen) atoms. The summed E-state index contributed by atoms with van der Waals surface area (Å²) in [5.74, 6) is 1.84. The lowest BCUT2D eigenvalue weighted by Gasteiger charge is -2.22. The zero-order valence-electron chi connectivity index (χ0n) is 23.3. The van der Waals surface area contributed by atoms with Crippen LogP contribution in [0.3, 0.4) is 0 Å². The average molecular weight is 545 g/mol. The van der Waals surface area contributed by atoms with Crippen molar-refractivity contribution in [2.75, 3.05) is 0 Å². The fourth-order valence-electron chi connectivity index (χ4n) is 7.42. The predicted octanol–water partition coefficient (Wildman–Crippen LogP) is 12.0. The molecule has 0 atom stereocenters. The Morgan fingerprint density at radius 1 is 0.302 bits per heavy atom.